The fourth-order valence-electron chi connectivity index (χ4n) is 2.23. The molecule has 5 heteroatoms. The highest BCUT2D eigenvalue weighted by molar-refractivity contribution is 5.89. The van der Waals surface area contributed by atoms with Crippen molar-refractivity contribution in [3.63, 3.8) is 0 Å². The van der Waals surface area contributed by atoms with Crippen molar-refractivity contribution in [3.05, 3.63) is 0 Å². The maximum Gasteiger partial charge on any atom is 0.420 e. The molecule has 2 atom stereocenters. The number of carbonyl (C=O) groups is 2. The first-order valence-corrected chi connectivity index (χ1v) is 5.40. The Balaban J connectivity index is 2.09. The molecule has 2 amide bonds. The van der Waals surface area contributed by atoms with Crippen LogP contribution in [0.15, 0.2) is 0 Å². The number of hydrogen-bond donors (Lipinski definition) is 0. The molecule has 2 fully saturated rings. The van der Waals surface area contributed by atoms with Gasteiger partial charge in [-0.1, -0.05) is 6.42 Å². The largest absolute Gasteiger partial charge is 0.449 e. The molecule has 2 aliphatic rings. The van der Waals surface area contributed by atoms with Crippen molar-refractivity contribution < 1.29 is 19.1 Å². The minimum absolute atomic E-state index is 0.106. The molecule has 0 aromatic rings. The zero-order chi connectivity index (χ0) is 10.8. The summed E-state index contributed by atoms with van der Waals surface area (Å²) in [4.78, 5) is 24.1. The second-order valence-corrected chi connectivity index (χ2v) is 3.84. The van der Waals surface area contributed by atoms with Crippen LogP contribution in [-0.2, 0) is 9.47 Å². The molecule has 0 spiro atoms. The molecule has 1 saturated carbocycles. The van der Waals surface area contributed by atoms with Crippen LogP contribution in [0.1, 0.15) is 32.6 Å². The second-order valence-electron chi connectivity index (χ2n) is 3.84. The Morgan fingerprint density at radius 1 is 1.53 bits per heavy atom. The molecule has 15 heavy (non-hydrogen) atoms. The van der Waals surface area contributed by atoms with Crippen LogP contribution < -0.4 is 0 Å². The molecule has 0 aromatic carbocycles. The van der Waals surface area contributed by atoms with Crippen molar-refractivity contribution in [2.75, 3.05) is 6.61 Å². The number of carbonyl (C=O) groups excluding carboxylic acids is 2. The van der Waals surface area contributed by atoms with Crippen molar-refractivity contribution in [2.45, 2.75) is 44.8 Å². The Kier molecular flexibility index (Phi) is 2.79. The van der Waals surface area contributed by atoms with Crippen molar-refractivity contribution in [1.82, 2.24) is 4.90 Å². The summed E-state index contributed by atoms with van der Waals surface area (Å²) in [5.74, 6) is 0. The van der Waals surface area contributed by atoms with E-state index in [1.54, 1.807) is 6.92 Å². The summed E-state index contributed by atoms with van der Waals surface area (Å²) in [5.41, 5.74) is 0. The molecule has 0 N–H and O–H groups in total. The molecule has 5 nitrogen and oxygen atoms in total. The van der Waals surface area contributed by atoms with Crippen LogP contribution in [0.5, 0.6) is 0 Å². The van der Waals surface area contributed by atoms with Crippen LogP contribution in [0, 0.1) is 0 Å². The van der Waals surface area contributed by atoms with E-state index in [4.69, 9.17) is 9.47 Å². The summed E-state index contributed by atoms with van der Waals surface area (Å²) < 4.78 is 9.96. The van der Waals surface area contributed by atoms with Gasteiger partial charge in [0.05, 0.1) is 12.6 Å². The Labute approximate surface area is 88.3 Å². The predicted octanol–water partition coefficient (Wildman–Crippen LogP) is 1.91. The average Bonchev–Trinajstić information content (AvgIpc) is 2.54. The van der Waals surface area contributed by atoms with E-state index >= 15 is 0 Å². The van der Waals surface area contributed by atoms with Crippen LogP contribution in [0.3, 0.4) is 0 Å². The Morgan fingerprint density at radius 2 is 2.27 bits per heavy atom. The Bertz CT molecular complexity index is 279. The maximum atomic E-state index is 11.5. The van der Waals surface area contributed by atoms with E-state index in [0.717, 1.165) is 30.6 Å². The quantitative estimate of drug-likeness (QED) is 0.667. The molecule has 0 aromatic heterocycles. The van der Waals surface area contributed by atoms with Gasteiger partial charge < -0.3 is 9.47 Å². The zero-order valence-electron chi connectivity index (χ0n) is 8.77. The molecule has 0 radical (unpaired) electrons. The molecule has 0 bridgehead atoms. The van der Waals surface area contributed by atoms with Crippen molar-refractivity contribution in [3.8, 4) is 0 Å². The van der Waals surface area contributed by atoms with Crippen LogP contribution in [0.2, 0.25) is 0 Å². The lowest BCUT2D eigenvalue weighted by atomic mass is 9.92. The lowest BCUT2D eigenvalue weighted by molar-refractivity contribution is 0.104. The third kappa shape index (κ3) is 1.78. The van der Waals surface area contributed by atoms with E-state index in [0.29, 0.717) is 0 Å². The second kappa shape index (κ2) is 4.08. The van der Waals surface area contributed by atoms with E-state index in [-0.39, 0.29) is 18.8 Å². The van der Waals surface area contributed by atoms with Crippen LogP contribution >= 0.6 is 0 Å². The highest BCUT2D eigenvalue weighted by atomic mass is 16.6. The van der Waals surface area contributed by atoms with Crippen molar-refractivity contribution in [1.29, 1.82) is 0 Å². The standard InChI is InChI=1S/C10H15NO4/c1-2-14-9(12)11-7-5-3-4-6-8(7)15-10(11)13/h7-8H,2-6H2,1H3/t7-,8-/m0/s1. The van der Waals surface area contributed by atoms with Gasteiger partial charge in [0.25, 0.3) is 0 Å². The lowest BCUT2D eigenvalue weighted by Crippen LogP contribution is -2.42. The van der Waals surface area contributed by atoms with E-state index in [1.165, 1.54) is 0 Å². The van der Waals surface area contributed by atoms with Gasteiger partial charge in [-0.3, -0.25) is 0 Å². The SMILES string of the molecule is CCOC(=O)N1C(=O)O[C@H]2CCCC[C@@H]21. The zero-order valence-corrected chi connectivity index (χ0v) is 8.77. The van der Waals surface area contributed by atoms with Gasteiger partial charge in [0.15, 0.2) is 0 Å². The number of hydrogen-bond acceptors (Lipinski definition) is 4. The number of fused-ring (bicyclic) bond motifs is 1. The van der Waals surface area contributed by atoms with Gasteiger partial charge in [0.1, 0.15) is 6.10 Å². The molecule has 84 valence electrons. The Hall–Kier alpha value is -1.26. The Morgan fingerprint density at radius 3 is 3.00 bits per heavy atom. The topological polar surface area (TPSA) is 55.8 Å². The lowest BCUT2D eigenvalue weighted by Gasteiger charge is -2.25. The average molecular weight is 213 g/mol. The van der Waals surface area contributed by atoms with Gasteiger partial charge in [0.2, 0.25) is 0 Å². The van der Waals surface area contributed by atoms with E-state index < -0.39 is 12.2 Å². The molecule has 1 heterocycles. The third-order valence-corrected chi connectivity index (χ3v) is 2.91. The number of nitrogens with zero attached hydrogens (tertiary/aromatic N) is 1. The summed E-state index contributed by atoms with van der Waals surface area (Å²) in [6, 6.07) is -0.106. The summed E-state index contributed by atoms with van der Waals surface area (Å²) in [6.07, 6.45) is 2.54. The van der Waals surface area contributed by atoms with Crippen molar-refractivity contribution in [2.24, 2.45) is 0 Å². The summed E-state index contributed by atoms with van der Waals surface area (Å²) in [6.45, 7) is 2.00. The molecular weight excluding hydrogens is 198 g/mol. The highest BCUT2D eigenvalue weighted by Gasteiger charge is 2.46. The molecule has 1 aliphatic heterocycles. The van der Waals surface area contributed by atoms with E-state index in [9.17, 15) is 9.59 Å². The predicted molar refractivity (Wildman–Crippen MR) is 51.4 cm³/mol. The first kappa shape index (κ1) is 10.3. The third-order valence-electron chi connectivity index (χ3n) is 2.91. The monoisotopic (exact) mass is 213 g/mol. The highest BCUT2D eigenvalue weighted by Crippen LogP contribution is 2.32. The first-order valence-electron chi connectivity index (χ1n) is 5.40. The number of amides is 2. The number of ether oxygens (including phenoxy) is 2. The van der Waals surface area contributed by atoms with E-state index in [1.807, 2.05) is 0 Å². The van der Waals surface area contributed by atoms with Gasteiger partial charge in [-0.05, 0) is 26.2 Å². The van der Waals surface area contributed by atoms with Crippen LogP contribution in [0.25, 0.3) is 0 Å². The van der Waals surface area contributed by atoms with E-state index in [2.05, 4.69) is 0 Å². The van der Waals surface area contributed by atoms with Gasteiger partial charge in [-0.2, -0.15) is 0 Å². The van der Waals surface area contributed by atoms with Gasteiger partial charge in [-0.15, -0.1) is 0 Å². The summed E-state index contributed by atoms with van der Waals surface area (Å²) in [5, 5.41) is 0. The molecular formula is C10H15NO4. The smallest absolute Gasteiger partial charge is 0.420 e. The van der Waals surface area contributed by atoms with Crippen LogP contribution in [0.4, 0.5) is 9.59 Å². The normalized spacial score (nSPS) is 29.7. The summed E-state index contributed by atoms with van der Waals surface area (Å²) >= 11 is 0. The van der Waals surface area contributed by atoms with Gasteiger partial charge >= 0.3 is 12.2 Å². The van der Waals surface area contributed by atoms with Crippen molar-refractivity contribution >= 4 is 12.2 Å². The molecule has 0 unspecified atom stereocenters. The molecule has 1 saturated heterocycles. The molecule has 1 aliphatic carbocycles. The number of imide groups is 1. The van der Waals surface area contributed by atoms with Gasteiger partial charge in [-0.25, -0.2) is 14.5 Å². The first-order chi connectivity index (χ1) is 7.24. The number of rotatable bonds is 1. The maximum absolute atomic E-state index is 11.5. The van der Waals surface area contributed by atoms with Gasteiger partial charge in [0, 0.05) is 0 Å². The minimum Gasteiger partial charge on any atom is -0.449 e. The fourth-order valence-corrected chi connectivity index (χ4v) is 2.23. The van der Waals surface area contributed by atoms with Crippen LogP contribution in [-0.4, -0.2) is 35.8 Å². The summed E-state index contributed by atoms with van der Waals surface area (Å²) in [7, 11) is 0. The fraction of sp³-hybridized carbons (Fsp3) is 0.800. The molecule has 2 rings (SSSR count). The minimum atomic E-state index is -0.572.